The predicted molar refractivity (Wildman–Crippen MR) is 98.7 cm³/mol. The average Bonchev–Trinajstić information content (AvgIpc) is 2.98. The molecule has 0 radical (unpaired) electrons. The van der Waals surface area contributed by atoms with Crippen LogP contribution in [0.5, 0.6) is 0 Å². The standard InChI is InChI=1S/C19H28N2O3S/c1-14(2)11-21-12-17-16(8-9-25(23,24)18(17)13-21)19(22)20-10-15-6-4-3-5-7-15/h3-7,14,16-18H,8-13H2,1-2H3,(H,20,22)/t16-,17-,18-/m0/s1. The van der Waals surface area contributed by atoms with Gasteiger partial charge in [-0.25, -0.2) is 8.42 Å². The fourth-order valence-electron chi connectivity index (χ4n) is 4.21. The Morgan fingerprint density at radius 3 is 2.64 bits per heavy atom. The minimum Gasteiger partial charge on any atom is -0.352 e. The number of benzene rings is 1. The van der Waals surface area contributed by atoms with E-state index in [1.54, 1.807) is 0 Å². The van der Waals surface area contributed by atoms with Crippen LogP contribution >= 0.6 is 0 Å². The van der Waals surface area contributed by atoms with Crippen LogP contribution in [-0.2, 0) is 21.2 Å². The first-order valence-electron chi connectivity index (χ1n) is 9.12. The quantitative estimate of drug-likeness (QED) is 0.863. The van der Waals surface area contributed by atoms with Crippen molar-refractivity contribution < 1.29 is 13.2 Å². The number of amides is 1. The topological polar surface area (TPSA) is 66.5 Å². The van der Waals surface area contributed by atoms with E-state index < -0.39 is 9.84 Å². The second-order valence-corrected chi connectivity index (χ2v) is 10.1. The molecule has 1 amide bonds. The van der Waals surface area contributed by atoms with Crippen LogP contribution in [0.2, 0.25) is 0 Å². The highest BCUT2D eigenvalue weighted by Gasteiger charge is 2.50. The number of sulfone groups is 1. The van der Waals surface area contributed by atoms with Crippen LogP contribution in [0.4, 0.5) is 0 Å². The van der Waals surface area contributed by atoms with E-state index in [2.05, 4.69) is 24.1 Å². The van der Waals surface area contributed by atoms with Gasteiger partial charge in [-0.2, -0.15) is 0 Å². The molecule has 5 nitrogen and oxygen atoms in total. The molecule has 0 aliphatic carbocycles. The zero-order valence-electron chi connectivity index (χ0n) is 15.0. The molecule has 0 spiro atoms. The minimum absolute atomic E-state index is 0.000139. The summed E-state index contributed by atoms with van der Waals surface area (Å²) in [6.07, 6.45) is 0.444. The summed E-state index contributed by atoms with van der Waals surface area (Å²) in [5, 5.41) is 2.63. The van der Waals surface area contributed by atoms with Crippen molar-refractivity contribution in [2.45, 2.75) is 32.1 Å². The van der Waals surface area contributed by atoms with Gasteiger partial charge in [0, 0.05) is 38.0 Å². The Kier molecular flexibility index (Phi) is 5.49. The number of hydrogen-bond donors (Lipinski definition) is 1. The molecule has 0 bridgehead atoms. The van der Waals surface area contributed by atoms with Crippen LogP contribution in [0.15, 0.2) is 30.3 Å². The molecule has 1 aromatic carbocycles. The number of likely N-dealkylation sites (tertiary alicyclic amines) is 1. The Labute approximate surface area is 150 Å². The number of nitrogens with one attached hydrogen (secondary N) is 1. The van der Waals surface area contributed by atoms with E-state index in [1.165, 1.54) is 0 Å². The lowest BCUT2D eigenvalue weighted by Gasteiger charge is -2.31. The van der Waals surface area contributed by atoms with Gasteiger partial charge in [0.15, 0.2) is 9.84 Å². The van der Waals surface area contributed by atoms with E-state index in [0.29, 0.717) is 32.0 Å². The normalized spacial score (nSPS) is 28.7. The van der Waals surface area contributed by atoms with Gasteiger partial charge in [-0.1, -0.05) is 44.2 Å². The largest absolute Gasteiger partial charge is 0.352 e. The Morgan fingerprint density at radius 2 is 1.96 bits per heavy atom. The molecule has 0 aromatic heterocycles. The summed E-state index contributed by atoms with van der Waals surface area (Å²) in [4.78, 5) is 15.0. The van der Waals surface area contributed by atoms with Crippen LogP contribution in [0.1, 0.15) is 25.8 Å². The van der Waals surface area contributed by atoms with E-state index in [9.17, 15) is 13.2 Å². The van der Waals surface area contributed by atoms with Crippen LogP contribution in [-0.4, -0.2) is 49.9 Å². The van der Waals surface area contributed by atoms with Crippen LogP contribution in [0.3, 0.4) is 0 Å². The van der Waals surface area contributed by atoms with Crippen molar-refractivity contribution in [3.8, 4) is 0 Å². The molecule has 1 aromatic rings. The fourth-order valence-corrected chi connectivity index (χ4v) is 6.34. The number of carbonyl (C=O) groups is 1. The number of carbonyl (C=O) groups excluding carboxylic acids is 1. The lowest BCUT2D eigenvalue weighted by Crippen LogP contribution is -2.47. The van der Waals surface area contributed by atoms with Gasteiger partial charge in [0.25, 0.3) is 0 Å². The van der Waals surface area contributed by atoms with Crippen molar-refractivity contribution in [3.05, 3.63) is 35.9 Å². The van der Waals surface area contributed by atoms with Crippen LogP contribution in [0.25, 0.3) is 0 Å². The van der Waals surface area contributed by atoms with E-state index in [0.717, 1.165) is 12.1 Å². The Hall–Kier alpha value is -1.40. The van der Waals surface area contributed by atoms with Gasteiger partial charge >= 0.3 is 0 Å². The van der Waals surface area contributed by atoms with Gasteiger partial charge in [0.05, 0.1) is 11.0 Å². The number of hydrogen-bond acceptors (Lipinski definition) is 4. The Morgan fingerprint density at radius 1 is 1.24 bits per heavy atom. The van der Waals surface area contributed by atoms with Crippen molar-refractivity contribution in [2.24, 2.45) is 17.8 Å². The summed E-state index contributed by atoms with van der Waals surface area (Å²) < 4.78 is 25.0. The van der Waals surface area contributed by atoms with Gasteiger partial charge in [-0.05, 0) is 17.9 Å². The summed E-state index contributed by atoms with van der Waals surface area (Å²) in [6.45, 7) is 6.96. The minimum atomic E-state index is -3.08. The van der Waals surface area contributed by atoms with Crippen molar-refractivity contribution >= 4 is 15.7 Å². The van der Waals surface area contributed by atoms with E-state index in [4.69, 9.17) is 0 Å². The van der Waals surface area contributed by atoms with Crippen molar-refractivity contribution in [1.29, 1.82) is 0 Å². The molecule has 25 heavy (non-hydrogen) atoms. The summed E-state index contributed by atoms with van der Waals surface area (Å²) in [5.74, 6) is 0.351. The first-order valence-corrected chi connectivity index (χ1v) is 10.8. The molecule has 0 unspecified atom stereocenters. The van der Waals surface area contributed by atoms with Gasteiger partial charge < -0.3 is 10.2 Å². The van der Waals surface area contributed by atoms with E-state index in [1.807, 2.05) is 30.3 Å². The molecule has 3 rings (SSSR count). The van der Waals surface area contributed by atoms with Crippen molar-refractivity contribution in [2.75, 3.05) is 25.4 Å². The zero-order chi connectivity index (χ0) is 18.0. The maximum absolute atomic E-state index is 12.7. The summed E-state index contributed by atoms with van der Waals surface area (Å²) in [7, 11) is -3.08. The molecule has 2 aliphatic rings. The molecule has 1 N–H and O–H groups in total. The molecule has 2 saturated heterocycles. The molecule has 3 atom stereocenters. The molecule has 2 fully saturated rings. The zero-order valence-corrected chi connectivity index (χ0v) is 15.8. The first kappa shape index (κ1) is 18.4. The van der Waals surface area contributed by atoms with E-state index >= 15 is 0 Å². The molecule has 2 heterocycles. The average molecular weight is 365 g/mol. The molecule has 2 aliphatic heterocycles. The third kappa shape index (κ3) is 4.23. The highest BCUT2D eigenvalue weighted by Crippen LogP contribution is 2.37. The molecular formula is C19H28N2O3S. The van der Waals surface area contributed by atoms with Crippen molar-refractivity contribution in [1.82, 2.24) is 10.2 Å². The Bertz CT molecular complexity index is 703. The smallest absolute Gasteiger partial charge is 0.223 e. The summed E-state index contributed by atoms with van der Waals surface area (Å²) >= 11 is 0. The number of fused-ring (bicyclic) bond motifs is 1. The maximum Gasteiger partial charge on any atom is 0.223 e. The fraction of sp³-hybridized carbons (Fsp3) is 0.632. The van der Waals surface area contributed by atoms with Crippen molar-refractivity contribution in [3.63, 3.8) is 0 Å². The number of rotatable bonds is 5. The monoisotopic (exact) mass is 364 g/mol. The molecule has 138 valence electrons. The van der Waals surface area contributed by atoms with Gasteiger partial charge in [0.2, 0.25) is 5.91 Å². The first-order chi connectivity index (χ1) is 11.9. The van der Waals surface area contributed by atoms with Crippen LogP contribution < -0.4 is 5.32 Å². The van der Waals surface area contributed by atoms with Gasteiger partial charge in [-0.3, -0.25) is 4.79 Å². The summed E-state index contributed by atoms with van der Waals surface area (Å²) in [5.41, 5.74) is 1.06. The molecular weight excluding hydrogens is 336 g/mol. The second-order valence-electron chi connectivity index (χ2n) is 7.78. The molecule has 0 saturated carbocycles. The second kappa shape index (κ2) is 7.46. The third-order valence-corrected chi connectivity index (χ3v) is 7.57. The summed E-state index contributed by atoms with van der Waals surface area (Å²) in [6, 6.07) is 9.81. The van der Waals surface area contributed by atoms with Gasteiger partial charge in [-0.15, -0.1) is 0 Å². The third-order valence-electron chi connectivity index (χ3n) is 5.35. The Balaban J connectivity index is 1.68. The number of nitrogens with zero attached hydrogens (tertiary/aromatic N) is 1. The van der Waals surface area contributed by atoms with Crippen LogP contribution in [0, 0.1) is 17.8 Å². The van der Waals surface area contributed by atoms with Gasteiger partial charge in [0.1, 0.15) is 0 Å². The lowest BCUT2D eigenvalue weighted by molar-refractivity contribution is -0.126. The lowest BCUT2D eigenvalue weighted by atomic mass is 9.87. The molecule has 6 heteroatoms. The highest BCUT2D eigenvalue weighted by molar-refractivity contribution is 7.92. The highest BCUT2D eigenvalue weighted by atomic mass is 32.2. The predicted octanol–water partition coefficient (Wildman–Crippen LogP) is 1.69. The SMILES string of the molecule is CC(C)CN1C[C@H]2[C@@H](C(=O)NCc3ccccc3)CCS(=O)(=O)[C@H]2C1. The van der Waals surface area contributed by atoms with E-state index in [-0.39, 0.29) is 28.7 Å². The maximum atomic E-state index is 12.7.